The Kier molecular flexibility index (Phi) is 4.02. The number of methoxy groups -OCH3 is 1. The van der Waals surface area contributed by atoms with Crippen LogP contribution >= 0.6 is 0 Å². The second-order valence-corrected chi connectivity index (χ2v) is 4.22. The summed E-state index contributed by atoms with van der Waals surface area (Å²) in [4.78, 5) is 17.7. The van der Waals surface area contributed by atoms with Gasteiger partial charge in [-0.15, -0.1) is 0 Å². The summed E-state index contributed by atoms with van der Waals surface area (Å²) in [6, 6.07) is 4.17. The summed E-state index contributed by atoms with van der Waals surface area (Å²) in [6.45, 7) is 2.51. The largest absolute Gasteiger partial charge is 0.481 e. The molecule has 5 heteroatoms. The number of nitrogens with zero attached hydrogens (tertiary/aromatic N) is 2. The maximum atomic E-state index is 11.6. The molecule has 1 aromatic rings. The van der Waals surface area contributed by atoms with Gasteiger partial charge in [-0.2, -0.15) is 0 Å². The third-order valence-electron chi connectivity index (χ3n) is 2.85. The Balaban J connectivity index is 2.11. The van der Waals surface area contributed by atoms with Gasteiger partial charge in [0.2, 0.25) is 5.88 Å². The normalized spacial score (nSPS) is 14.1. The Morgan fingerprint density at radius 2 is 2.33 bits per heavy atom. The number of carbonyl (C=O) groups excluding carboxylic acids is 1. The van der Waals surface area contributed by atoms with Gasteiger partial charge >= 0.3 is 5.97 Å². The van der Waals surface area contributed by atoms with Gasteiger partial charge in [0, 0.05) is 24.0 Å². The van der Waals surface area contributed by atoms with Crippen molar-refractivity contribution >= 4 is 11.7 Å². The van der Waals surface area contributed by atoms with Gasteiger partial charge in [0.15, 0.2) is 0 Å². The number of pyridine rings is 1. The van der Waals surface area contributed by atoms with E-state index in [-0.39, 0.29) is 12.5 Å². The lowest BCUT2D eigenvalue weighted by atomic mass is 10.3. The molecule has 1 aromatic heterocycles. The molecule has 0 spiro atoms. The van der Waals surface area contributed by atoms with Crippen molar-refractivity contribution in [2.24, 2.45) is 0 Å². The van der Waals surface area contributed by atoms with Crippen LogP contribution in [0.25, 0.3) is 0 Å². The average Bonchev–Trinajstić information content (AvgIpc) is 3.20. The molecule has 18 heavy (non-hydrogen) atoms. The van der Waals surface area contributed by atoms with E-state index >= 15 is 0 Å². The Labute approximate surface area is 107 Å². The first-order valence-electron chi connectivity index (χ1n) is 6.17. The fourth-order valence-corrected chi connectivity index (χ4v) is 1.85. The van der Waals surface area contributed by atoms with E-state index in [1.54, 1.807) is 13.3 Å². The monoisotopic (exact) mass is 250 g/mol. The fraction of sp³-hybridized carbons (Fsp3) is 0.538. The van der Waals surface area contributed by atoms with Crippen molar-refractivity contribution in [2.45, 2.75) is 25.8 Å². The highest BCUT2D eigenvalue weighted by atomic mass is 16.5. The number of rotatable bonds is 6. The summed E-state index contributed by atoms with van der Waals surface area (Å²) in [5.74, 6) is 0.363. The van der Waals surface area contributed by atoms with Crippen LogP contribution in [-0.2, 0) is 9.53 Å². The minimum absolute atomic E-state index is 0.194. The van der Waals surface area contributed by atoms with Gasteiger partial charge in [-0.25, -0.2) is 4.98 Å². The highest BCUT2D eigenvalue weighted by Gasteiger charge is 2.31. The summed E-state index contributed by atoms with van der Waals surface area (Å²) in [5, 5.41) is 0. The second-order valence-electron chi connectivity index (χ2n) is 4.22. The maximum Gasteiger partial charge on any atom is 0.325 e. The first-order valence-corrected chi connectivity index (χ1v) is 6.17. The van der Waals surface area contributed by atoms with Crippen LogP contribution in [0.3, 0.4) is 0 Å². The van der Waals surface area contributed by atoms with Crippen molar-refractivity contribution in [3.05, 3.63) is 18.3 Å². The average molecular weight is 250 g/mol. The number of carbonyl (C=O) groups is 1. The first-order chi connectivity index (χ1) is 8.74. The third-order valence-corrected chi connectivity index (χ3v) is 2.85. The third kappa shape index (κ3) is 3.12. The summed E-state index contributed by atoms with van der Waals surface area (Å²) >= 11 is 0. The predicted molar refractivity (Wildman–Crippen MR) is 67.8 cm³/mol. The summed E-state index contributed by atoms with van der Waals surface area (Å²) < 4.78 is 10.1. The zero-order valence-corrected chi connectivity index (χ0v) is 10.8. The minimum atomic E-state index is -0.194. The Hall–Kier alpha value is -1.78. The van der Waals surface area contributed by atoms with E-state index in [2.05, 4.69) is 9.88 Å². The number of hydrogen-bond donors (Lipinski definition) is 0. The van der Waals surface area contributed by atoms with E-state index in [0.29, 0.717) is 18.5 Å². The van der Waals surface area contributed by atoms with E-state index in [9.17, 15) is 4.79 Å². The van der Waals surface area contributed by atoms with E-state index in [4.69, 9.17) is 9.47 Å². The highest BCUT2D eigenvalue weighted by molar-refractivity contribution is 5.76. The zero-order chi connectivity index (χ0) is 13.0. The van der Waals surface area contributed by atoms with Crippen molar-refractivity contribution < 1.29 is 14.3 Å². The number of anilines is 1. The first kappa shape index (κ1) is 12.7. The molecule has 0 unspecified atom stereocenters. The molecule has 1 aliphatic rings. The smallest absolute Gasteiger partial charge is 0.325 e. The van der Waals surface area contributed by atoms with E-state index in [0.717, 1.165) is 18.5 Å². The van der Waals surface area contributed by atoms with Gasteiger partial charge in [0.05, 0.1) is 13.7 Å². The molecular formula is C13H18N2O3. The molecule has 0 aliphatic heterocycles. The molecule has 1 aliphatic carbocycles. The lowest BCUT2D eigenvalue weighted by molar-refractivity contribution is -0.141. The molecule has 2 rings (SSSR count). The van der Waals surface area contributed by atoms with Crippen LogP contribution in [0.4, 0.5) is 5.69 Å². The van der Waals surface area contributed by atoms with Crippen molar-refractivity contribution in [1.82, 2.24) is 4.98 Å². The van der Waals surface area contributed by atoms with Gasteiger partial charge in [-0.1, -0.05) is 0 Å². The minimum Gasteiger partial charge on any atom is -0.481 e. The highest BCUT2D eigenvalue weighted by Crippen LogP contribution is 2.32. The summed E-state index contributed by atoms with van der Waals surface area (Å²) in [7, 11) is 1.58. The molecule has 1 heterocycles. The Morgan fingerprint density at radius 3 is 2.94 bits per heavy atom. The second kappa shape index (κ2) is 5.71. The molecule has 0 saturated heterocycles. The van der Waals surface area contributed by atoms with Crippen LogP contribution in [0.5, 0.6) is 5.88 Å². The molecular weight excluding hydrogens is 232 g/mol. The quantitative estimate of drug-likeness (QED) is 0.718. The molecule has 5 nitrogen and oxygen atoms in total. The van der Waals surface area contributed by atoms with Gasteiger partial charge in [0.25, 0.3) is 0 Å². The van der Waals surface area contributed by atoms with E-state index in [1.807, 2.05) is 19.1 Å². The molecule has 98 valence electrons. The molecule has 0 atom stereocenters. The van der Waals surface area contributed by atoms with Crippen molar-refractivity contribution in [3.8, 4) is 5.88 Å². The van der Waals surface area contributed by atoms with Gasteiger partial charge < -0.3 is 14.4 Å². The van der Waals surface area contributed by atoms with Crippen LogP contribution in [0.1, 0.15) is 19.8 Å². The number of esters is 1. The fourth-order valence-electron chi connectivity index (χ4n) is 1.85. The van der Waals surface area contributed by atoms with E-state index in [1.165, 1.54) is 0 Å². The topological polar surface area (TPSA) is 51.7 Å². The van der Waals surface area contributed by atoms with Crippen LogP contribution in [0.2, 0.25) is 0 Å². The Morgan fingerprint density at radius 1 is 1.56 bits per heavy atom. The molecule has 0 bridgehead atoms. The lowest BCUT2D eigenvalue weighted by Gasteiger charge is -2.23. The van der Waals surface area contributed by atoms with Crippen molar-refractivity contribution in [2.75, 3.05) is 25.2 Å². The van der Waals surface area contributed by atoms with Crippen LogP contribution in [0, 0.1) is 0 Å². The van der Waals surface area contributed by atoms with Gasteiger partial charge in [-0.05, 0) is 25.8 Å². The molecule has 0 amide bonds. The molecule has 1 saturated carbocycles. The SMILES string of the molecule is CCOC(=O)CN(c1ccnc(OC)c1)C1CC1. The van der Waals surface area contributed by atoms with Crippen LogP contribution < -0.4 is 9.64 Å². The maximum absolute atomic E-state index is 11.6. The Bertz CT molecular complexity index is 418. The number of ether oxygens (including phenoxy) is 2. The molecule has 1 fully saturated rings. The van der Waals surface area contributed by atoms with Crippen molar-refractivity contribution in [3.63, 3.8) is 0 Å². The molecule has 0 N–H and O–H groups in total. The predicted octanol–water partition coefficient (Wildman–Crippen LogP) is 1.62. The zero-order valence-electron chi connectivity index (χ0n) is 10.8. The lowest BCUT2D eigenvalue weighted by Crippen LogP contribution is -2.32. The molecule has 0 radical (unpaired) electrons. The van der Waals surface area contributed by atoms with Crippen LogP contribution in [-0.4, -0.2) is 37.3 Å². The number of hydrogen-bond acceptors (Lipinski definition) is 5. The molecule has 0 aromatic carbocycles. The van der Waals surface area contributed by atoms with Crippen molar-refractivity contribution in [1.29, 1.82) is 0 Å². The number of aromatic nitrogens is 1. The standard InChI is InChI=1S/C13H18N2O3/c1-3-18-13(16)9-15(10-4-5-10)11-6-7-14-12(8-11)17-2/h6-8,10H,3-5,9H2,1-2H3. The summed E-state index contributed by atoms with van der Waals surface area (Å²) in [5.41, 5.74) is 0.956. The van der Waals surface area contributed by atoms with Crippen LogP contribution in [0.15, 0.2) is 18.3 Å². The van der Waals surface area contributed by atoms with E-state index < -0.39 is 0 Å². The van der Waals surface area contributed by atoms with Gasteiger partial charge in [0.1, 0.15) is 6.54 Å². The van der Waals surface area contributed by atoms with Gasteiger partial charge in [-0.3, -0.25) is 4.79 Å². The summed E-state index contributed by atoms with van der Waals surface area (Å²) in [6.07, 6.45) is 3.92.